The highest BCUT2D eigenvalue weighted by atomic mass is 35.5. The Labute approximate surface area is 179 Å². The normalized spacial score (nSPS) is 20.6. The van der Waals surface area contributed by atoms with Gasteiger partial charge in [-0.1, -0.05) is 40.1 Å². The average Bonchev–Trinajstić information content (AvgIpc) is 3.43. The van der Waals surface area contributed by atoms with Crippen LogP contribution >= 0.6 is 23.2 Å². The van der Waals surface area contributed by atoms with Crippen LogP contribution in [0, 0.1) is 5.41 Å². The minimum absolute atomic E-state index is 0.248. The summed E-state index contributed by atoms with van der Waals surface area (Å²) >= 11 is 12.9. The van der Waals surface area contributed by atoms with Crippen LogP contribution in [0.2, 0.25) is 10.0 Å². The Morgan fingerprint density at radius 3 is 2.41 bits per heavy atom. The number of aromatic nitrogens is 3. The van der Waals surface area contributed by atoms with Gasteiger partial charge in [0, 0.05) is 19.0 Å². The molecule has 0 bridgehead atoms. The second-order valence-corrected chi connectivity index (χ2v) is 9.36. The molecule has 2 heterocycles. The van der Waals surface area contributed by atoms with Crippen molar-refractivity contribution in [2.75, 3.05) is 13.1 Å². The first kappa shape index (κ1) is 18.9. The van der Waals surface area contributed by atoms with Gasteiger partial charge in [0.2, 0.25) is 0 Å². The van der Waals surface area contributed by atoms with Crippen LogP contribution in [0.5, 0.6) is 0 Å². The van der Waals surface area contributed by atoms with E-state index in [4.69, 9.17) is 23.2 Å². The van der Waals surface area contributed by atoms with E-state index in [0.29, 0.717) is 34.7 Å². The summed E-state index contributed by atoms with van der Waals surface area (Å²) in [5, 5.41) is 19.1. The largest absolute Gasteiger partial charge is 0.465 e. The zero-order valence-corrected chi connectivity index (χ0v) is 17.5. The summed E-state index contributed by atoms with van der Waals surface area (Å²) in [5.74, 6) is 0.463. The molecule has 1 N–H and O–H groups in total. The Morgan fingerprint density at radius 1 is 1.17 bits per heavy atom. The third kappa shape index (κ3) is 3.42. The van der Waals surface area contributed by atoms with E-state index in [1.807, 2.05) is 18.2 Å². The highest BCUT2D eigenvalue weighted by Gasteiger charge is 2.44. The Kier molecular flexibility index (Phi) is 4.59. The van der Waals surface area contributed by atoms with Crippen molar-refractivity contribution in [1.82, 2.24) is 19.9 Å². The second kappa shape index (κ2) is 7.03. The lowest BCUT2D eigenvalue weighted by molar-refractivity contribution is 0.0664. The molecule has 1 aliphatic heterocycles. The predicted octanol–water partition coefficient (Wildman–Crippen LogP) is 5.39. The Hall–Kier alpha value is -2.05. The van der Waals surface area contributed by atoms with Crippen LogP contribution in [-0.2, 0) is 0 Å². The summed E-state index contributed by atoms with van der Waals surface area (Å²) in [6.45, 7) is 1.26. The fourth-order valence-electron chi connectivity index (χ4n) is 4.67. The number of nitrogens with zero attached hydrogens (tertiary/aromatic N) is 4. The molecular weight excluding hydrogens is 411 g/mol. The molecular formula is C21H22Cl2N4O2. The number of halogens is 2. The van der Waals surface area contributed by atoms with Crippen molar-refractivity contribution in [3.8, 4) is 5.69 Å². The number of para-hydroxylation sites is 1. The monoisotopic (exact) mass is 432 g/mol. The van der Waals surface area contributed by atoms with Crippen molar-refractivity contribution >= 4 is 35.4 Å². The van der Waals surface area contributed by atoms with Gasteiger partial charge in [0.1, 0.15) is 5.69 Å². The van der Waals surface area contributed by atoms with Crippen LogP contribution in [0.25, 0.3) is 11.8 Å². The Morgan fingerprint density at radius 2 is 1.83 bits per heavy atom. The number of piperidine rings is 1. The highest BCUT2D eigenvalue weighted by Crippen LogP contribution is 2.53. The molecule has 152 valence electrons. The molecule has 3 fully saturated rings. The van der Waals surface area contributed by atoms with Crippen LogP contribution in [0.15, 0.2) is 23.8 Å². The first-order chi connectivity index (χ1) is 14.0. The van der Waals surface area contributed by atoms with Gasteiger partial charge in [-0.2, -0.15) is 0 Å². The third-order valence-electron chi connectivity index (χ3n) is 6.49. The molecule has 1 amide bonds. The van der Waals surface area contributed by atoms with Crippen LogP contribution in [0.3, 0.4) is 0 Å². The molecule has 1 saturated heterocycles. The topological polar surface area (TPSA) is 71.2 Å². The van der Waals surface area contributed by atoms with Crippen molar-refractivity contribution in [2.45, 2.75) is 44.4 Å². The van der Waals surface area contributed by atoms with Gasteiger partial charge in [-0.05, 0) is 62.1 Å². The number of amides is 1. The molecule has 0 unspecified atom stereocenters. The fraction of sp³-hybridized carbons (Fsp3) is 0.476. The van der Waals surface area contributed by atoms with Gasteiger partial charge < -0.3 is 10.0 Å². The van der Waals surface area contributed by atoms with Crippen LogP contribution in [-0.4, -0.2) is 44.2 Å². The summed E-state index contributed by atoms with van der Waals surface area (Å²) in [6.07, 6.45) is 7.55. The van der Waals surface area contributed by atoms with Crippen molar-refractivity contribution in [3.05, 3.63) is 45.2 Å². The number of carboxylic acid groups (broad SMARTS) is 1. The molecule has 0 atom stereocenters. The minimum atomic E-state index is -0.810. The standard InChI is InChI=1S/C21H22Cl2N4O2/c22-15-2-1-3-16(23)19(15)27-17(18(24-25-27)14-4-5-14)10-13-11-21(12-13)6-8-26(9-7-21)20(28)29/h1-3,10,14H,4-9,11-12H2,(H,28,29). The molecule has 1 aromatic carbocycles. The SMILES string of the molecule is O=C(O)N1CCC2(CC1)CC(=Cc1c(C3CC3)nnn1-c1c(Cl)cccc1Cl)C2. The maximum atomic E-state index is 11.2. The summed E-state index contributed by atoms with van der Waals surface area (Å²) in [7, 11) is 0. The molecule has 3 aliphatic rings. The molecule has 2 aliphatic carbocycles. The van der Waals surface area contributed by atoms with E-state index in [1.165, 1.54) is 10.5 Å². The first-order valence-corrected chi connectivity index (χ1v) is 10.8. The van der Waals surface area contributed by atoms with E-state index in [0.717, 1.165) is 49.9 Å². The number of rotatable bonds is 3. The predicted molar refractivity (Wildman–Crippen MR) is 112 cm³/mol. The van der Waals surface area contributed by atoms with Gasteiger partial charge in [-0.25, -0.2) is 9.48 Å². The molecule has 2 saturated carbocycles. The van der Waals surface area contributed by atoms with Crippen molar-refractivity contribution in [3.63, 3.8) is 0 Å². The van der Waals surface area contributed by atoms with Gasteiger partial charge in [0.15, 0.2) is 0 Å². The lowest BCUT2D eigenvalue weighted by Gasteiger charge is -2.49. The van der Waals surface area contributed by atoms with E-state index in [9.17, 15) is 9.90 Å². The van der Waals surface area contributed by atoms with E-state index >= 15 is 0 Å². The van der Waals surface area contributed by atoms with Crippen LogP contribution in [0.4, 0.5) is 4.79 Å². The van der Waals surface area contributed by atoms with E-state index in [2.05, 4.69) is 16.4 Å². The molecule has 1 aromatic heterocycles. The maximum Gasteiger partial charge on any atom is 0.407 e. The van der Waals surface area contributed by atoms with Gasteiger partial charge in [-0.15, -0.1) is 5.10 Å². The smallest absolute Gasteiger partial charge is 0.407 e. The zero-order valence-electron chi connectivity index (χ0n) is 15.9. The van der Waals surface area contributed by atoms with E-state index in [1.54, 1.807) is 4.68 Å². The zero-order chi connectivity index (χ0) is 20.2. The molecule has 6 nitrogen and oxygen atoms in total. The number of allylic oxidation sites excluding steroid dienone is 1. The van der Waals surface area contributed by atoms with Crippen molar-refractivity contribution < 1.29 is 9.90 Å². The minimum Gasteiger partial charge on any atom is -0.465 e. The molecule has 5 rings (SSSR count). The molecule has 1 spiro atoms. The van der Waals surface area contributed by atoms with Gasteiger partial charge in [-0.3, -0.25) is 0 Å². The van der Waals surface area contributed by atoms with Gasteiger partial charge in [0.25, 0.3) is 0 Å². The van der Waals surface area contributed by atoms with Crippen molar-refractivity contribution in [1.29, 1.82) is 0 Å². The first-order valence-electron chi connectivity index (χ1n) is 10.0. The number of carbonyl (C=O) groups is 1. The lowest BCUT2D eigenvalue weighted by atomic mass is 9.60. The quantitative estimate of drug-likeness (QED) is 0.705. The summed E-state index contributed by atoms with van der Waals surface area (Å²) in [6, 6.07) is 5.45. The fourth-order valence-corrected chi connectivity index (χ4v) is 5.23. The average molecular weight is 433 g/mol. The molecule has 2 aromatic rings. The number of hydrogen-bond donors (Lipinski definition) is 1. The molecule has 0 radical (unpaired) electrons. The Bertz CT molecular complexity index is 974. The summed E-state index contributed by atoms with van der Waals surface area (Å²) in [5.41, 5.74) is 4.29. The van der Waals surface area contributed by atoms with Gasteiger partial charge >= 0.3 is 6.09 Å². The Balaban J connectivity index is 1.42. The molecule has 29 heavy (non-hydrogen) atoms. The summed E-state index contributed by atoms with van der Waals surface area (Å²) < 4.78 is 1.78. The van der Waals surface area contributed by atoms with Crippen LogP contribution < -0.4 is 0 Å². The van der Waals surface area contributed by atoms with E-state index in [-0.39, 0.29) is 5.41 Å². The number of benzene rings is 1. The number of hydrogen-bond acceptors (Lipinski definition) is 3. The van der Waals surface area contributed by atoms with Crippen molar-refractivity contribution in [2.24, 2.45) is 5.41 Å². The highest BCUT2D eigenvalue weighted by molar-refractivity contribution is 6.37. The lowest BCUT2D eigenvalue weighted by Crippen LogP contribution is -2.46. The molecule has 8 heteroatoms. The number of likely N-dealkylation sites (tertiary alicyclic amines) is 1. The maximum absolute atomic E-state index is 11.2. The summed E-state index contributed by atoms with van der Waals surface area (Å²) in [4.78, 5) is 12.7. The third-order valence-corrected chi connectivity index (χ3v) is 7.10. The van der Waals surface area contributed by atoms with Crippen LogP contribution in [0.1, 0.15) is 55.8 Å². The second-order valence-electron chi connectivity index (χ2n) is 8.54. The van der Waals surface area contributed by atoms with E-state index < -0.39 is 6.09 Å². The van der Waals surface area contributed by atoms with Gasteiger partial charge in [0.05, 0.1) is 21.4 Å².